The maximum Gasteiger partial charge on any atom is 0.0542 e. The van der Waals surface area contributed by atoms with Crippen molar-refractivity contribution >= 4 is 65.4 Å². The van der Waals surface area contributed by atoms with Gasteiger partial charge in [0.15, 0.2) is 0 Å². The normalized spacial score (nSPS) is 12.1. The molecular weight excluding hydrogens is 763 g/mol. The van der Waals surface area contributed by atoms with Crippen LogP contribution in [0.5, 0.6) is 0 Å². The molecule has 0 radical (unpaired) electrons. The summed E-state index contributed by atoms with van der Waals surface area (Å²) in [4.78, 5) is 0. The lowest BCUT2D eigenvalue weighted by molar-refractivity contribution is 1.17. The van der Waals surface area contributed by atoms with E-state index in [0.29, 0.717) is 0 Å². The van der Waals surface area contributed by atoms with E-state index in [0.717, 1.165) is 17.1 Å². The van der Waals surface area contributed by atoms with E-state index in [-0.39, 0.29) is 0 Å². The molecular formula is C60H37N3. The Bertz CT molecular complexity index is 3930. The van der Waals surface area contributed by atoms with Gasteiger partial charge >= 0.3 is 0 Å². The third-order valence-corrected chi connectivity index (χ3v) is 13.6. The molecule has 0 amide bonds. The number of rotatable bonds is 3. The Morgan fingerprint density at radius 1 is 0.175 bits per heavy atom. The van der Waals surface area contributed by atoms with Crippen molar-refractivity contribution in [1.82, 2.24) is 13.7 Å². The van der Waals surface area contributed by atoms with Gasteiger partial charge in [0.2, 0.25) is 0 Å². The van der Waals surface area contributed by atoms with Gasteiger partial charge in [0.05, 0.1) is 33.1 Å². The Morgan fingerprint density at radius 2 is 0.429 bits per heavy atom. The molecule has 13 aromatic rings. The van der Waals surface area contributed by atoms with Crippen LogP contribution in [0.1, 0.15) is 0 Å². The van der Waals surface area contributed by atoms with E-state index in [1.165, 1.54) is 110 Å². The number of hydrogen-bond acceptors (Lipinski definition) is 0. The molecule has 292 valence electrons. The van der Waals surface area contributed by atoms with Gasteiger partial charge in [-0.15, -0.1) is 0 Å². The fraction of sp³-hybridized carbons (Fsp3) is 0. The number of benzene rings is 10. The molecule has 3 aromatic heterocycles. The summed E-state index contributed by atoms with van der Waals surface area (Å²) in [5, 5.41) is 7.54. The molecule has 1 aliphatic carbocycles. The molecule has 0 saturated heterocycles. The summed E-state index contributed by atoms with van der Waals surface area (Å²) in [7, 11) is 0. The summed E-state index contributed by atoms with van der Waals surface area (Å²) in [5.41, 5.74) is 20.5. The number of aromatic nitrogens is 3. The van der Waals surface area contributed by atoms with Crippen LogP contribution in [0.15, 0.2) is 224 Å². The third kappa shape index (κ3) is 4.85. The standard InChI is InChI=1S/C60H37N3/c1-3-17-43-41(15-1)46-33-30-39(63-59-28-14-9-23-51(59)54-37-40(31-34-60(54)63)62-57-26-12-7-21-49(57)50-22-8-13-27-58(50)62)36-53(46)44-18-4-2-16-42(44)45-32-29-38(35-52(43)45)61-55-24-10-5-19-47(55)48-20-6-11-25-56(48)61/h1-37H. The van der Waals surface area contributed by atoms with E-state index in [2.05, 4.69) is 238 Å². The van der Waals surface area contributed by atoms with Gasteiger partial charge in [-0.1, -0.05) is 152 Å². The van der Waals surface area contributed by atoms with Crippen molar-refractivity contribution in [2.45, 2.75) is 0 Å². The van der Waals surface area contributed by atoms with E-state index in [1.54, 1.807) is 0 Å². The van der Waals surface area contributed by atoms with E-state index in [4.69, 9.17) is 0 Å². The molecule has 0 spiro atoms. The molecule has 14 rings (SSSR count). The van der Waals surface area contributed by atoms with Crippen molar-refractivity contribution in [3.8, 4) is 61.6 Å². The molecule has 3 heteroatoms. The van der Waals surface area contributed by atoms with Crippen LogP contribution in [0.2, 0.25) is 0 Å². The van der Waals surface area contributed by atoms with Crippen LogP contribution in [0, 0.1) is 0 Å². The zero-order chi connectivity index (χ0) is 41.2. The minimum absolute atomic E-state index is 1.14. The van der Waals surface area contributed by atoms with Gasteiger partial charge in [-0.25, -0.2) is 0 Å². The average molecular weight is 800 g/mol. The monoisotopic (exact) mass is 799 g/mol. The lowest BCUT2D eigenvalue weighted by atomic mass is 9.80. The first-order valence-corrected chi connectivity index (χ1v) is 21.8. The predicted octanol–water partition coefficient (Wildman–Crippen LogP) is 16.0. The van der Waals surface area contributed by atoms with Crippen LogP contribution < -0.4 is 0 Å². The highest BCUT2D eigenvalue weighted by Gasteiger charge is 2.25. The topological polar surface area (TPSA) is 14.8 Å². The summed E-state index contributed by atoms with van der Waals surface area (Å²) in [5.74, 6) is 0. The van der Waals surface area contributed by atoms with Gasteiger partial charge in [0, 0.05) is 49.4 Å². The largest absolute Gasteiger partial charge is 0.309 e. The smallest absolute Gasteiger partial charge is 0.0542 e. The Morgan fingerprint density at radius 3 is 0.810 bits per heavy atom. The zero-order valence-corrected chi connectivity index (χ0v) is 34.2. The highest BCUT2D eigenvalue weighted by atomic mass is 15.0. The van der Waals surface area contributed by atoms with Crippen molar-refractivity contribution < 1.29 is 0 Å². The minimum atomic E-state index is 1.14. The van der Waals surface area contributed by atoms with E-state index in [9.17, 15) is 0 Å². The van der Waals surface area contributed by atoms with Crippen LogP contribution >= 0.6 is 0 Å². The SMILES string of the molecule is c1ccc2c(c1)-c1ccc(-n3c4ccccc4c4ccccc43)cc1-c1ccccc1-c1ccc(-n3c4ccccc4c4cc(-n5c6ccccc6c6ccccc65)ccc43)cc1-2. The molecule has 1 aliphatic rings. The molecule has 63 heavy (non-hydrogen) atoms. The van der Waals surface area contributed by atoms with E-state index in [1.807, 2.05) is 0 Å². The number of para-hydroxylation sites is 5. The first kappa shape index (κ1) is 34.3. The fourth-order valence-corrected chi connectivity index (χ4v) is 10.9. The molecule has 10 aromatic carbocycles. The third-order valence-electron chi connectivity index (χ3n) is 13.6. The molecule has 0 N–H and O–H groups in total. The van der Waals surface area contributed by atoms with Crippen LogP contribution in [-0.4, -0.2) is 13.7 Å². The van der Waals surface area contributed by atoms with Crippen LogP contribution in [-0.2, 0) is 0 Å². The van der Waals surface area contributed by atoms with Gasteiger partial charge in [-0.3, -0.25) is 0 Å². The molecule has 0 saturated carbocycles. The molecule has 0 aliphatic heterocycles. The van der Waals surface area contributed by atoms with Crippen molar-refractivity contribution in [2.75, 3.05) is 0 Å². The summed E-state index contributed by atoms with van der Waals surface area (Å²) in [6.07, 6.45) is 0. The molecule has 0 bridgehead atoms. The Labute approximate surface area is 363 Å². The number of hydrogen-bond donors (Lipinski definition) is 0. The van der Waals surface area contributed by atoms with Gasteiger partial charge in [-0.05, 0) is 117 Å². The van der Waals surface area contributed by atoms with Gasteiger partial charge in [0.25, 0.3) is 0 Å². The fourth-order valence-electron chi connectivity index (χ4n) is 10.9. The van der Waals surface area contributed by atoms with Crippen molar-refractivity contribution in [3.05, 3.63) is 224 Å². The van der Waals surface area contributed by atoms with Crippen molar-refractivity contribution in [3.63, 3.8) is 0 Å². The Kier molecular flexibility index (Phi) is 7.11. The first-order chi connectivity index (χ1) is 31.3. The second-order valence-electron chi connectivity index (χ2n) is 16.8. The molecule has 3 nitrogen and oxygen atoms in total. The minimum Gasteiger partial charge on any atom is -0.309 e. The van der Waals surface area contributed by atoms with E-state index < -0.39 is 0 Å². The van der Waals surface area contributed by atoms with E-state index >= 15 is 0 Å². The van der Waals surface area contributed by atoms with Gasteiger partial charge < -0.3 is 13.7 Å². The molecule has 0 unspecified atom stereocenters. The van der Waals surface area contributed by atoms with Crippen molar-refractivity contribution in [2.24, 2.45) is 0 Å². The van der Waals surface area contributed by atoms with Crippen LogP contribution in [0.25, 0.3) is 127 Å². The van der Waals surface area contributed by atoms with Crippen LogP contribution in [0.3, 0.4) is 0 Å². The van der Waals surface area contributed by atoms with Crippen LogP contribution in [0.4, 0.5) is 0 Å². The number of fused-ring (bicyclic) bond motifs is 17. The summed E-state index contributed by atoms with van der Waals surface area (Å²) in [6.45, 7) is 0. The lowest BCUT2D eigenvalue weighted by Gasteiger charge is -2.24. The highest BCUT2D eigenvalue weighted by molar-refractivity contribution is 6.13. The second-order valence-corrected chi connectivity index (χ2v) is 16.8. The second kappa shape index (κ2) is 13.1. The number of nitrogens with zero attached hydrogens (tertiary/aromatic N) is 3. The Hall–Kier alpha value is -8.40. The molecule has 0 fully saturated rings. The quantitative estimate of drug-likeness (QED) is 0.169. The van der Waals surface area contributed by atoms with Gasteiger partial charge in [0.1, 0.15) is 0 Å². The maximum atomic E-state index is 2.46. The first-order valence-electron chi connectivity index (χ1n) is 21.8. The Balaban J connectivity index is 0.979. The van der Waals surface area contributed by atoms with Gasteiger partial charge in [-0.2, -0.15) is 0 Å². The lowest BCUT2D eigenvalue weighted by Crippen LogP contribution is -2.01. The molecule has 3 heterocycles. The molecule has 0 atom stereocenters. The average Bonchev–Trinajstić information content (AvgIpc) is 3.99. The highest BCUT2D eigenvalue weighted by Crippen LogP contribution is 2.49. The summed E-state index contributed by atoms with van der Waals surface area (Å²) >= 11 is 0. The predicted molar refractivity (Wildman–Crippen MR) is 265 cm³/mol. The zero-order valence-electron chi connectivity index (χ0n) is 34.2. The van der Waals surface area contributed by atoms with Crippen molar-refractivity contribution in [1.29, 1.82) is 0 Å². The summed E-state index contributed by atoms with van der Waals surface area (Å²) < 4.78 is 7.30. The maximum absolute atomic E-state index is 2.46. The summed E-state index contributed by atoms with van der Waals surface area (Å²) in [6, 6.07) is 83.0.